The molecular weight excluding hydrogens is 398 g/mol. The number of rotatable bonds is 2. The number of halogens is 1. The highest BCUT2D eigenvalue weighted by Crippen LogP contribution is 2.49. The van der Waals surface area contributed by atoms with Crippen molar-refractivity contribution in [3.63, 3.8) is 0 Å². The number of nitrogens with zero attached hydrogens (tertiary/aromatic N) is 2. The van der Waals surface area contributed by atoms with Crippen LogP contribution in [-0.2, 0) is 15.1 Å². The van der Waals surface area contributed by atoms with E-state index in [0.29, 0.717) is 11.6 Å². The molecule has 2 amide bonds. The van der Waals surface area contributed by atoms with Crippen LogP contribution < -0.4 is 0 Å². The number of piperazine rings is 1. The zero-order valence-corrected chi connectivity index (χ0v) is 18.0. The number of hydrogen-bond acceptors (Lipinski definition) is 2. The molecule has 0 saturated carbocycles. The second kappa shape index (κ2) is 6.61. The third kappa shape index (κ3) is 2.48. The summed E-state index contributed by atoms with van der Waals surface area (Å²) in [5.74, 6) is -0.185. The number of benzene rings is 2. The van der Waals surface area contributed by atoms with Gasteiger partial charge in [0.15, 0.2) is 5.54 Å². The van der Waals surface area contributed by atoms with Gasteiger partial charge in [-0.05, 0) is 44.0 Å². The summed E-state index contributed by atoms with van der Waals surface area (Å²) in [7, 11) is 0. The van der Waals surface area contributed by atoms with E-state index < -0.39 is 5.54 Å². The number of hydrogen-bond donors (Lipinski definition) is 1. The van der Waals surface area contributed by atoms with Crippen molar-refractivity contribution in [1.82, 2.24) is 14.8 Å². The van der Waals surface area contributed by atoms with Crippen LogP contribution in [0.15, 0.2) is 48.5 Å². The Morgan fingerprint density at radius 2 is 1.80 bits per heavy atom. The van der Waals surface area contributed by atoms with Gasteiger partial charge in [0.25, 0.3) is 5.91 Å². The first-order valence-corrected chi connectivity index (χ1v) is 10.7. The van der Waals surface area contributed by atoms with Crippen molar-refractivity contribution in [2.45, 2.75) is 38.3 Å². The maximum Gasteiger partial charge on any atom is 0.255 e. The largest absolute Gasteiger partial charge is 0.356 e. The lowest BCUT2D eigenvalue weighted by atomic mass is 9.76. The van der Waals surface area contributed by atoms with Crippen LogP contribution in [0.5, 0.6) is 0 Å². The molecule has 1 fully saturated rings. The fraction of sp³-hybridized carbons (Fsp3) is 0.333. The van der Waals surface area contributed by atoms with E-state index in [1.807, 2.05) is 63.2 Å². The van der Waals surface area contributed by atoms with Gasteiger partial charge in [0.2, 0.25) is 5.91 Å². The van der Waals surface area contributed by atoms with Gasteiger partial charge < -0.3 is 14.8 Å². The summed E-state index contributed by atoms with van der Waals surface area (Å²) in [5.41, 5.74) is 2.72. The van der Waals surface area contributed by atoms with Crippen molar-refractivity contribution in [2.24, 2.45) is 0 Å². The second-order valence-corrected chi connectivity index (χ2v) is 9.04. The molecule has 2 aromatic carbocycles. The van der Waals surface area contributed by atoms with Gasteiger partial charge in [-0.25, -0.2) is 0 Å². The molecule has 30 heavy (non-hydrogen) atoms. The molecule has 2 aliphatic heterocycles. The number of aromatic amines is 1. The molecule has 1 saturated heterocycles. The van der Waals surface area contributed by atoms with E-state index in [-0.39, 0.29) is 30.3 Å². The molecule has 0 radical (unpaired) electrons. The van der Waals surface area contributed by atoms with Crippen LogP contribution in [0.1, 0.15) is 43.5 Å². The lowest BCUT2D eigenvalue weighted by Gasteiger charge is -2.52. The van der Waals surface area contributed by atoms with Crippen molar-refractivity contribution >= 4 is 34.3 Å². The molecule has 0 bridgehead atoms. The Labute approximate surface area is 180 Å². The van der Waals surface area contributed by atoms with Crippen LogP contribution in [0.25, 0.3) is 10.9 Å². The Morgan fingerprint density at radius 3 is 2.53 bits per heavy atom. The average molecular weight is 422 g/mol. The van der Waals surface area contributed by atoms with Gasteiger partial charge in [0.1, 0.15) is 6.54 Å². The first kappa shape index (κ1) is 19.2. The zero-order chi connectivity index (χ0) is 21.2. The number of para-hydroxylation sites is 1. The summed E-state index contributed by atoms with van der Waals surface area (Å²) in [6.45, 7) is 6.30. The molecule has 154 valence electrons. The normalized spacial score (nSPS) is 23.8. The Bertz CT molecular complexity index is 1180. The Hall–Kier alpha value is -2.79. The van der Waals surface area contributed by atoms with Crippen LogP contribution >= 0.6 is 11.6 Å². The molecule has 5 rings (SSSR count). The maximum atomic E-state index is 13.7. The number of amides is 2. The van der Waals surface area contributed by atoms with Crippen molar-refractivity contribution in [3.8, 4) is 0 Å². The number of carbonyl (C=O) groups is 2. The van der Waals surface area contributed by atoms with Gasteiger partial charge in [-0.1, -0.05) is 48.0 Å². The highest BCUT2D eigenvalue weighted by molar-refractivity contribution is 6.31. The third-order valence-electron chi connectivity index (χ3n) is 6.67. The van der Waals surface area contributed by atoms with Gasteiger partial charge in [-0.15, -0.1) is 0 Å². The second-order valence-electron chi connectivity index (χ2n) is 8.64. The van der Waals surface area contributed by atoms with E-state index >= 15 is 0 Å². The van der Waals surface area contributed by atoms with Gasteiger partial charge in [-0.3, -0.25) is 9.59 Å². The quantitative estimate of drug-likeness (QED) is 0.672. The zero-order valence-electron chi connectivity index (χ0n) is 17.3. The SMILES string of the molecule is CC(C)N1CC(=O)N2C[C@@H](c3ccccc3Cl)c3c([nH]c4ccccc34)[C@@]2(C)C1=O. The van der Waals surface area contributed by atoms with Crippen LogP contribution in [0, 0.1) is 0 Å². The highest BCUT2D eigenvalue weighted by Gasteiger charge is 2.56. The van der Waals surface area contributed by atoms with E-state index in [1.165, 1.54) is 0 Å². The number of fused-ring (bicyclic) bond motifs is 5. The van der Waals surface area contributed by atoms with E-state index in [1.54, 1.807) is 9.80 Å². The van der Waals surface area contributed by atoms with Crippen molar-refractivity contribution in [2.75, 3.05) is 13.1 Å². The Balaban J connectivity index is 1.81. The van der Waals surface area contributed by atoms with Crippen LogP contribution in [-0.4, -0.2) is 45.7 Å². The van der Waals surface area contributed by atoms with Crippen LogP contribution in [0.2, 0.25) is 5.02 Å². The minimum Gasteiger partial charge on any atom is -0.356 e. The number of carbonyl (C=O) groups excluding carboxylic acids is 2. The molecule has 3 aromatic rings. The summed E-state index contributed by atoms with van der Waals surface area (Å²) in [5, 5.41) is 1.74. The number of H-pyrrole nitrogens is 1. The molecule has 2 atom stereocenters. The highest BCUT2D eigenvalue weighted by atomic mass is 35.5. The fourth-order valence-corrected chi connectivity index (χ4v) is 5.35. The summed E-state index contributed by atoms with van der Waals surface area (Å²) >= 11 is 6.59. The monoisotopic (exact) mass is 421 g/mol. The number of aromatic nitrogens is 1. The first-order chi connectivity index (χ1) is 14.3. The lowest BCUT2D eigenvalue weighted by molar-refractivity contribution is -0.168. The van der Waals surface area contributed by atoms with Gasteiger partial charge in [0, 0.05) is 34.4 Å². The lowest BCUT2D eigenvalue weighted by Crippen LogP contribution is -2.68. The van der Waals surface area contributed by atoms with Gasteiger partial charge in [0.05, 0.1) is 5.69 Å². The molecule has 0 spiro atoms. The molecule has 6 heteroatoms. The summed E-state index contributed by atoms with van der Waals surface area (Å²) < 4.78 is 0. The molecular formula is C24H24ClN3O2. The van der Waals surface area contributed by atoms with E-state index in [0.717, 1.165) is 27.7 Å². The Morgan fingerprint density at radius 1 is 1.10 bits per heavy atom. The topological polar surface area (TPSA) is 56.4 Å². The van der Waals surface area contributed by atoms with Crippen molar-refractivity contribution < 1.29 is 9.59 Å². The maximum absolute atomic E-state index is 13.7. The minimum atomic E-state index is -1.06. The smallest absolute Gasteiger partial charge is 0.255 e. The van der Waals surface area contributed by atoms with Crippen molar-refractivity contribution in [1.29, 1.82) is 0 Å². The summed E-state index contributed by atoms with van der Waals surface area (Å²) in [4.78, 5) is 33.9. The van der Waals surface area contributed by atoms with Gasteiger partial charge in [-0.2, -0.15) is 0 Å². The summed E-state index contributed by atoms with van der Waals surface area (Å²) in [6.07, 6.45) is 0. The first-order valence-electron chi connectivity index (χ1n) is 10.3. The molecule has 1 aromatic heterocycles. The summed E-state index contributed by atoms with van der Waals surface area (Å²) in [6, 6.07) is 15.8. The van der Waals surface area contributed by atoms with E-state index in [2.05, 4.69) is 11.1 Å². The fourth-order valence-electron chi connectivity index (χ4n) is 5.09. The minimum absolute atomic E-state index is 0.0350. The van der Waals surface area contributed by atoms with E-state index in [4.69, 9.17) is 11.6 Å². The Kier molecular flexibility index (Phi) is 4.23. The van der Waals surface area contributed by atoms with Gasteiger partial charge >= 0.3 is 0 Å². The number of nitrogens with one attached hydrogen (secondary N) is 1. The molecule has 2 aliphatic rings. The molecule has 3 heterocycles. The molecule has 0 aliphatic carbocycles. The van der Waals surface area contributed by atoms with Crippen molar-refractivity contribution in [3.05, 3.63) is 70.4 Å². The van der Waals surface area contributed by atoms with Crippen LogP contribution in [0.3, 0.4) is 0 Å². The van der Waals surface area contributed by atoms with E-state index in [9.17, 15) is 9.59 Å². The molecule has 1 N–H and O–H groups in total. The average Bonchev–Trinajstić information content (AvgIpc) is 3.12. The predicted octanol–water partition coefficient (Wildman–Crippen LogP) is 4.26. The standard InChI is InChI=1S/C24H24ClN3O2/c1-14(2)27-13-20(29)28-12-17(15-8-4-6-10-18(15)25)21-16-9-5-7-11-19(16)26-22(21)24(28,3)23(27)30/h4-11,14,17,26H,12-13H2,1-3H3/t17-,24-/m0/s1. The predicted molar refractivity (Wildman–Crippen MR) is 118 cm³/mol. The molecule has 5 nitrogen and oxygen atoms in total. The molecule has 0 unspecified atom stereocenters. The third-order valence-corrected chi connectivity index (χ3v) is 7.02. The van der Waals surface area contributed by atoms with Crippen LogP contribution in [0.4, 0.5) is 0 Å².